The standard InChI is InChI=1S/C12H14ClNO5S2/c1-7-5-20-11(10(7)13)12(17)14-2-3-21(18,19)6-8(14)4-9(15)16/h5,8H,2-4,6H2,1H3,(H,15,16). The fourth-order valence-corrected chi connectivity index (χ4v) is 4.98. The molecule has 1 saturated heterocycles. The number of hydrogen-bond acceptors (Lipinski definition) is 5. The number of carboxylic acid groups (broad SMARTS) is 1. The van der Waals surface area contributed by atoms with Crippen molar-refractivity contribution in [1.29, 1.82) is 0 Å². The van der Waals surface area contributed by atoms with E-state index in [2.05, 4.69) is 0 Å². The van der Waals surface area contributed by atoms with Gasteiger partial charge in [0.2, 0.25) is 0 Å². The molecule has 1 amide bonds. The van der Waals surface area contributed by atoms with Crippen molar-refractivity contribution in [3.05, 3.63) is 20.8 Å². The fourth-order valence-electron chi connectivity index (χ4n) is 2.23. The van der Waals surface area contributed by atoms with Crippen LogP contribution in [0.2, 0.25) is 5.02 Å². The molecule has 21 heavy (non-hydrogen) atoms. The molecule has 0 aliphatic carbocycles. The molecule has 1 unspecified atom stereocenters. The van der Waals surface area contributed by atoms with Gasteiger partial charge in [-0.1, -0.05) is 11.6 Å². The summed E-state index contributed by atoms with van der Waals surface area (Å²) in [5.74, 6) is -2.02. The van der Waals surface area contributed by atoms with Crippen molar-refractivity contribution < 1.29 is 23.1 Å². The van der Waals surface area contributed by atoms with Gasteiger partial charge in [-0.2, -0.15) is 0 Å². The topological polar surface area (TPSA) is 91.8 Å². The molecule has 9 heteroatoms. The molecular formula is C12H14ClNO5S2. The van der Waals surface area contributed by atoms with E-state index in [4.69, 9.17) is 16.7 Å². The highest BCUT2D eigenvalue weighted by Crippen LogP contribution is 2.30. The number of rotatable bonds is 3. The largest absolute Gasteiger partial charge is 0.481 e. The smallest absolute Gasteiger partial charge is 0.305 e. The molecule has 1 atom stereocenters. The summed E-state index contributed by atoms with van der Waals surface area (Å²) in [6, 6.07) is -0.854. The van der Waals surface area contributed by atoms with E-state index in [-0.39, 0.29) is 18.1 Å². The number of thiophene rings is 1. The maximum absolute atomic E-state index is 12.5. The van der Waals surface area contributed by atoms with Gasteiger partial charge in [0.25, 0.3) is 5.91 Å². The van der Waals surface area contributed by atoms with Crippen LogP contribution >= 0.6 is 22.9 Å². The van der Waals surface area contributed by atoms with Crippen LogP contribution < -0.4 is 0 Å². The molecule has 6 nitrogen and oxygen atoms in total. The van der Waals surface area contributed by atoms with Gasteiger partial charge in [0.15, 0.2) is 9.84 Å². The predicted molar refractivity (Wildman–Crippen MR) is 79.8 cm³/mol. The number of sulfone groups is 1. The summed E-state index contributed by atoms with van der Waals surface area (Å²) in [5, 5.41) is 11.0. The lowest BCUT2D eigenvalue weighted by Crippen LogP contribution is -2.51. The van der Waals surface area contributed by atoms with E-state index < -0.39 is 34.2 Å². The van der Waals surface area contributed by atoms with Crippen molar-refractivity contribution in [3.8, 4) is 0 Å². The Kier molecular flexibility index (Phi) is 4.60. The molecule has 0 bridgehead atoms. The van der Waals surface area contributed by atoms with Gasteiger partial charge in [-0.25, -0.2) is 8.42 Å². The molecule has 1 aliphatic rings. The van der Waals surface area contributed by atoms with Crippen LogP contribution in [0.5, 0.6) is 0 Å². The molecule has 0 saturated carbocycles. The Morgan fingerprint density at radius 2 is 2.19 bits per heavy atom. The minimum atomic E-state index is -3.32. The summed E-state index contributed by atoms with van der Waals surface area (Å²) >= 11 is 7.24. The average molecular weight is 352 g/mol. The van der Waals surface area contributed by atoms with E-state index >= 15 is 0 Å². The molecule has 0 spiro atoms. The molecular weight excluding hydrogens is 338 g/mol. The summed E-state index contributed by atoms with van der Waals surface area (Å²) in [5.41, 5.74) is 0.768. The normalized spacial score (nSPS) is 21.2. The lowest BCUT2D eigenvalue weighted by atomic mass is 10.2. The number of carboxylic acids is 1. The first-order valence-corrected chi connectivity index (χ1v) is 9.26. The van der Waals surface area contributed by atoms with Crippen LogP contribution in [0.4, 0.5) is 0 Å². The number of halogens is 1. The lowest BCUT2D eigenvalue weighted by molar-refractivity contribution is -0.138. The van der Waals surface area contributed by atoms with Gasteiger partial charge in [-0.3, -0.25) is 9.59 Å². The minimum absolute atomic E-state index is 0.00755. The zero-order valence-corrected chi connectivity index (χ0v) is 13.6. The van der Waals surface area contributed by atoms with Crippen molar-refractivity contribution in [1.82, 2.24) is 4.90 Å². The molecule has 2 rings (SSSR count). The van der Waals surface area contributed by atoms with Crippen molar-refractivity contribution in [2.45, 2.75) is 19.4 Å². The first kappa shape index (κ1) is 16.3. The van der Waals surface area contributed by atoms with Gasteiger partial charge in [-0.05, 0) is 17.9 Å². The highest BCUT2D eigenvalue weighted by molar-refractivity contribution is 7.91. The number of hydrogen-bond donors (Lipinski definition) is 1. The molecule has 1 aliphatic heterocycles. The quantitative estimate of drug-likeness (QED) is 0.889. The Hall–Kier alpha value is -1.12. The highest BCUT2D eigenvalue weighted by atomic mass is 35.5. The average Bonchev–Trinajstić information content (AvgIpc) is 2.68. The van der Waals surface area contributed by atoms with Crippen LogP contribution in [0.1, 0.15) is 21.7 Å². The molecule has 1 aromatic heterocycles. The number of carbonyl (C=O) groups excluding carboxylic acids is 1. The number of aliphatic carboxylic acids is 1. The summed E-state index contributed by atoms with van der Waals surface area (Å²) < 4.78 is 23.3. The van der Waals surface area contributed by atoms with Gasteiger partial charge in [-0.15, -0.1) is 11.3 Å². The predicted octanol–water partition coefficient (Wildman–Crippen LogP) is 1.42. The molecule has 1 aromatic rings. The third-order valence-corrected chi connectivity index (χ3v) is 6.68. The second-order valence-electron chi connectivity index (χ2n) is 4.93. The van der Waals surface area contributed by atoms with Crippen molar-refractivity contribution in [2.24, 2.45) is 0 Å². The third kappa shape index (κ3) is 3.56. The Morgan fingerprint density at radius 1 is 1.52 bits per heavy atom. The van der Waals surface area contributed by atoms with E-state index in [1.54, 1.807) is 12.3 Å². The van der Waals surface area contributed by atoms with Gasteiger partial charge in [0.1, 0.15) is 4.88 Å². The number of carbonyl (C=O) groups is 2. The maximum Gasteiger partial charge on any atom is 0.305 e. The second-order valence-corrected chi connectivity index (χ2v) is 8.41. The maximum atomic E-state index is 12.5. The van der Waals surface area contributed by atoms with E-state index in [1.807, 2.05) is 0 Å². The zero-order valence-electron chi connectivity index (χ0n) is 11.2. The SMILES string of the molecule is Cc1csc(C(=O)N2CCS(=O)(=O)CC2CC(=O)O)c1Cl. The molecule has 1 N–H and O–H groups in total. The fraction of sp³-hybridized carbons (Fsp3) is 0.500. The van der Waals surface area contributed by atoms with Gasteiger partial charge < -0.3 is 10.0 Å². The summed E-state index contributed by atoms with van der Waals surface area (Å²) in [6.45, 7) is 1.76. The number of aryl methyl sites for hydroxylation is 1. The number of amides is 1. The van der Waals surface area contributed by atoms with Crippen LogP contribution in [0.3, 0.4) is 0 Å². The third-order valence-electron chi connectivity index (χ3n) is 3.29. The van der Waals surface area contributed by atoms with Crippen LogP contribution in [0.15, 0.2) is 5.38 Å². The minimum Gasteiger partial charge on any atom is -0.481 e. The molecule has 0 aromatic carbocycles. The molecule has 1 fully saturated rings. The Bertz CT molecular complexity index is 682. The Labute approximate surface area is 131 Å². The van der Waals surface area contributed by atoms with Crippen LogP contribution in [0.25, 0.3) is 0 Å². The van der Waals surface area contributed by atoms with Gasteiger partial charge in [0, 0.05) is 6.54 Å². The second kappa shape index (κ2) is 5.94. The monoisotopic (exact) mass is 351 g/mol. The zero-order chi connectivity index (χ0) is 15.8. The summed E-state index contributed by atoms with van der Waals surface area (Å²) in [4.78, 5) is 25.0. The van der Waals surface area contributed by atoms with Crippen molar-refractivity contribution in [3.63, 3.8) is 0 Å². The first-order valence-electron chi connectivity index (χ1n) is 6.18. The molecule has 0 radical (unpaired) electrons. The van der Waals surface area contributed by atoms with Crippen molar-refractivity contribution >= 4 is 44.7 Å². The van der Waals surface area contributed by atoms with Gasteiger partial charge in [0.05, 0.1) is 29.0 Å². The molecule has 2 heterocycles. The van der Waals surface area contributed by atoms with Gasteiger partial charge >= 0.3 is 5.97 Å². The van der Waals surface area contributed by atoms with E-state index in [9.17, 15) is 18.0 Å². The van der Waals surface area contributed by atoms with E-state index in [0.29, 0.717) is 9.90 Å². The Balaban J connectivity index is 2.29. The van der Waals surface area contributed by atoms with Crippen LogP contribution in [-0.4, -0.2) is 54.4 Å². The first-order chi connectivity index (χ1) is 9.71. The highest BCUT2D eigenvalue weighted by Gasteiger charge is 2.36. The van der Waals surface area contributed by atoms with Crippen LogP contribution in [0, 0.1) is 6.92 Å². The van der Waals surface area contributed by atoms with Crippen LogP contribution in [-0.2, 0) is 14.6 Å². The van der Waals surface area contributed by atoms with Crippen molar-refractivity contribution in [2.75, 3.05) is 18.1 Å². The summed E-state index contributed by atoms with van der Waals surface area (Å²) in [7, 11) is -3.32. The number of nitrogens with zero attached hydrogens (tertiary/aromatic N) is 1. The lowest BCUT2D eigenvalue weighted by Gasteiger charge is -2.34. The van der Waals surface area contributed by atoms with E-state index in [0.717, 1.165) is 5.56 Å². The van der Waals surface area contributed by atoms with E-state index in [1.165, 1.54) is 16.2 Å². The summed E-state index contributed by atoms with van der Waals surface area (Å²) in [6.07, 6.45) is -0.396. The molecule has 116 valence electrons. The Morgan fingerprint density at radius 3 is 2.71 bits per heavy atom.